The molecule has 0 aliphatic rings. The van der Waals surface area contributed by atoms with Crippen molar-refractivity contribution in [1.29, 1.82) is 0 Å². The third-order valence-corrected chi connectivity index (χ3v) is 3.08. The molecule has 0 aromatic heterocycles. The topological polar surface area (TPSA) is 71.2 Å². The molecule has 8 heteroatoms. The van der Waals surface area contributed by atoms with Crippen LogP contribution < -0.4 is 4.74 Å². The highest BCUT2D eigenvalue weighted by Crippen LogP contribution is 2.28. The molecule has 0 saturated heterocycles. The number of hydrogen-bond acceptors (Lipinski definition) is 5. The summed E-state index contributed by atoms with van der Waals surface area (Å²) in [7, 11) is 1.46. The maximum atomic E-state index is 12.8. The molecule has 0 unspecified atom stereocenters. The van der Waals surface area contributed by atoms with E-state index in [1.807, 2.05) is 0 Å². The SMILES string of the molecule is COc1ccc(N=N/C(C(=O)C(F)(F)F)=C(\O)c2ccccc2)cc1. The number of ketones is 1. The molecule has 0 saturated carbocycles. The first-order valence-electron chi connectivity index (χ1n) is 6.99. The van der Waals surface area contributed by atoms with E-state index in [-0.39, 0.29) is 11.3 Å². The van der Waals surface area contributed by atoms with E-state index in [4.69, 9.17) is 4.74 Å². The standard InChI is InChI=1S/C17H13F3N2O3/c1-25-13-9-7-12(8-10-13)21-22-14(16(24)17(18,19)20)15(23)11-5-3-2-4-6-11/h2-10,23H,1H3/b15-14-,22-21?. The van der Waals surface area contributed by atoms with Crippen LogP contribution in [0.3, 0.4) is 0 Å². The molecule has 0 spiro atoms. The lowest BCUT2D eigenvalue weighted by Gasteiger charge is -2.08. The Hall–Kier alpha value is -3.16. The maximum Gasteiger partial charge on any atom is 0.456 e. The number of aliphatic hydroxyl groups is 1. The monoisotopic (exact) mass is 350 g/mol. The first-order chi connectivity index (χ1) is 11.8. The summed E-state index contributed by atoms with van der Waals surface area (Å²) in [4.78, 5) is 11.6. The number of alkyl halides is 3. The predicted molar refractivity (Wildman–Crippen MR) is 84.6 cm³/mol. The fourth-order valence-electron chi connectivity index (χ4n) is 1.82. The number of aliphatic hydroxyl groups excluding tert-OH is 1. The summed E-state index contributed by atoms with van der Waals surface area (Å²) in [5, 5.41) is 17.0. The Kier molecular flexibility index (Phi) is 5.53. The predicted octanol–water partition coefficient (Wildman–Crippen LogP) is 4.84. The van der Waals surface area contributed by atoms with Crippen molar-refractivity contribution in [2.24, 2.45) is 10.2 Å². The van der Waals surface area contributed by atoms with Crippen LogP contribution in [0, 0.1) is 0 Å². The molecule has 0 fully saturated rings. The van der Waals surface area contributed by atoms with E-state index in [0.29, 0.717) is 5.75 Å². The van der Waals surface area contributed by atoms with Crippen LogP contribution in [0.4, 0.5) is 18.9 Å². The van der Waals surface area contributed by atoms with Crippen molar-refractivity contribution >= 4 is 17.2 Å². The van der Waals surface area contributed by atoms with Crippen LogP contribution in [-0.2, 0) is 4.79 Å². The van der Waals surface area contributed by atoms with Gasteiger partial charge >= 0.3 is 6.18 Å². The number of carbonyl (C=O) groups excluding carboxylic acids is 1. The molecule has 0 aliphatic heterocycles. The molecule has 0 atom stereocenters. The molecule has 130 valence electrons. The zero-order chi connectivity index (χ0) is 18.4. The van der Waals surface area contributed by atoms with Gasteiger partial charge in [-0.1, -0.05) is 30.3 Å². The average molecular weight is 350 g/mol. The normalized spacial score (nSPS) is 12.8. The van der Waals surface area contributed by atoms with E-state index in [2.05, 4.69) is 10.2 Å². The van der Waals surface area contributed by atoms with E-state index in [1.165, 1.54) is 55.6 Å². The second-order valence-corrected chi connectivity index (χ2v) is 4.79. The third kappa shape index (κ3) is 4.66. The summed E-state index contributed by atoms with van der Waals surface area (Å²) in [5.74, 6) is -2.67. The molecule has 0 amide bonds. The van der Waals surface area contributed by atoms with Gasteiger partial charge in [0, 0.05) is 5.56 Å². The summed E-state index contributed by atoms with van der Waals surface area (Å²) in [6.45, 7) is 0. The van der Waals surface area contributed by atoms with Gasteiger partial charge in [-0.2, -0.15) is 18.3 Å². The highest BCUT2D eigenvalue weighted by molar-refractivity contribution is 6.04. The number of rotatable bonds is 5. The van der Waals surface area contributed by atoms with Gasteiger partial charge in [-0.05, 0) is 24.3 Å². The van der Waals surface area contributed by atoms with Gasteiger partial charge in [0.1, 0.15) is 5.75 Å². The Morgan fingerprint density at radius 2 is 1.64 bits per heavy atom. The number of allylic oxidation sites excluding steroid dienone is 1. The van der Waals surface area contributed by atoms with Crippen molar-refractivity contribution in [2.75, 3.05) is 7.11 Å². The molecule has 25 heavy (non-hydrogen) atoms. The van der Waals surface area contributed by atoms with Gasteiger partial charge in [-0.25, -0.2) is 0 Å². The molecular weight excluding hydrogens is 337 g/mol. The van der Waals surface area contributed by atoms with Crippen molar-refractivity contribution in [2.45, 2.75) is 6.18 Å². The number of methoxy groups -OCH3 is 1. The summed E-state index contributed by atoms with van der Waals surface area (Å²) in [5.41, 5.74) is -0.979. The first-order valence-corrected chi connectivity index (χ1v) is 6.99. The molecule has 5 nitrogen and oxygen atoms in total. The molecule has 1 N–H and O–H groups in total. The number of carbonyl (C=O) groups is 1. The van der Waals surface area contributed by atoms with Gasteiger partial charge in [-0.3, -0.25) is 4.79 Å². The first kappa shape index (κ1) is 18.2. The van der Waals surface area contributed by atoms with Gasteiger partial charge in [0.15, 0.2) is 11.5 Å². The van der Waals surface area contributed by atoms with Crippen LogP contribution in [0.15, 0.2) is 70.5 Å². The van der Waals surface area contributed by atoms with E-state index in [9.17, 15) is 23.1 Å². The number of azo groups is 1. The van der Waals surface area contributed by atoms with Crippen LogP contribution >= 0.6 is 0 Å². The Labute approximate surface area is 141 Å². The quantitative estimate of drug-likeness (QED) is 0.477. The molecular formula is C17H13F3N2O3. The fraction of sp³-hybridized carbons (Fsp3) is 0.118. The van der Waals surface area contributed by atoms with Crippen molar-refractivity contribution in [1.82, 2.24) is 0 Å². The van der Waals surface area contributed by atoms with Crippen molar-refractivity contribution in [3.8, 4) is 5.75 Å². The molecule has 0 aliphatic carbocycles. The van der Waals surface area contributed by atoms with E-state index >= 15 is 0 Å². The second kappa shape index (κ2) is 7.61. The van der Waals surface area contributed by atoms with Gasteiger partial charge < -0.3 is 9.84 Å². The summed E-state index contributed by atoms with van der Waals surface area (Å²) in [6, 6.07) is 13.3. The molecule has 2 aromatic rings. The number of benzene rings is 2. The van der Waals surface area contributed by atoms with Gasteiger partial charge in [0.25, 0.3) is 5.78 Å². The molecule has 0 radical (unpaired) electrons. The lowest BCUT2D eigenvalue weighted by atomic mass is 10.1. The van der Waals surface area contributed by atoms with Gasteiger partial charge in [0.2, 0.25) is 0 Å². The van der Waals surface area contributed by atoms with E-state index in [0.717, 1.165) is 0 Å². The summed E-state index contributed by atoms with van der Waals surface area (Å²) >= 11 is 0. The minimum Gasteiger partial charge on any atom is -0.505 e. The Bertz CT molecular complexity index is 798. The largest absolute Gasteiger partial charge is 0.505 e. The summed E-state index contributed by atoms with van der Waals surface area (Å²) < 4.78 is 43.3. The second-order valence-electron chi connectivity index (χ2n) is 4.79. The zero-order valence-corrected chi connectivity index (χ0v) is 13.0. The van der Waals surface area contributed by atoms with Crippen molar-refractivity contribution in [3.05, 3.63) is 65.9 Å². The maximum absolute atomic E-state index is 12.8. The molecule has 0 heterocycles. The van der Waals surface area contributed by atoms with Crippen molar-refractivity contribution < 1.29 is 27.8 Å². The van der Waals surface area contributed by atoms with Crippen LogP contribution in [0.2, 0.25) is 0 Å². The molecule has 0 bridgehead atoms. The van der Waals surface area contributed by atoms with E-state index < -0.39 is 23.4 Å². The number of nitrogens with zero attached hydrogens (tertiary/aromatic N) is 2. The highest BCUT2D eigenvalue weighted by Gasteiger charge is 2.43. The lowest BCUT2D eigenvalue weighted by Crippen LogP contribution is -2.24. The van der Waals surface area contributed by atoms with Crippen LogP contribution in [0.25, 0.3) is 5.76 Å². The number of ether oxygens (including phenoxy) is 1. The smallest absolute Gasteiger partial charge is 0.456 e. The average Bonchev–Trinajstić information content (AvgIpc) is 2.62. The zero-order valence-electron chi connectivity index (χ0n) is 13.0. The Morgan fingerprint density at radius 3 is 2.16 bits per heavy atom. The van der Waals surface area contributed by atoms with Crippen LogP contribution in [0.1, 0.15) is 5.56 Å². The highest BCUT2D eigenvalue weighted by atomic mass is 19.4. The minimum absolute atomic E-state index is 0.0174. The molecule has 2 rings (SSSR count). The van der Waals surface area contributed by atoms with Crippen LogP contribution in [-0.4, -0.2) is 24.2 Å². The molecule has 2 aromatic carbocycles. The minimum atomic E-state index is -5.20. The number of Topliss-reactive ketones (excluding diaryl/α,β-unsaturated/α-hetero) is 1. The van der Waals surface area contributed by atoms with Gasteiger partial charge in [0.05, 0.1) is 12.8 Å². The van der Waals surface area contributed by atoms with Crippen LogP contribution in [0.5, 0.6) is 5.75 Å². The van der Waals surface area contributed by atoms with Gasteiger partial charge in [-0.15, -0.1) is 5.11 Å². The third-order valence-electron chi connectivity index (χ3n) is 3.08. The number of hydrogen-bond donors (Lipinski definition) is 1. The fourth-order valence-corrected chi connectivity index (χ4v) is 1.82. The Morgan fingerprint density at radius 1 is 1.04 bits per heavy atom. The lowest BCUT2D eigenvalue weighted by molar-refractivity contribution is -0.166. The summed E-state index contributed by atoms with van der Waals surface area (Å²) in [6.07, 6.45) is -5.20. The number of halogens is 3. The Balaban J connectivity index is 2.44. The van der Waals surface area contributed by atoms with Crippen molar-refractivity contribution in [3.63, 3.8) is 0 Å². The van der Waals surface area contributed by atoms with E-state index in [1.54, 1.807) is 6.07 Å².